The Morgan fingerprint density at radius 3 is 2.40 bits per heavy atom. The van der Waals surface area contributed by atoms with Crippen molar-refractivity contribution >= 4 is 5.69 Å². The van der Waals surface area contributed by atoms with Crippen molar-refractivity contribution in [2.24, 2.45) is 0 Å². The minimum absolute atomic E-state index is 0.292. The van der Waals surface area contributed by atoms with Gasteiger partial charge < -0.3 is 10.3 Å². The highest BCUT2D eigenvalue weighted by atomic mass is 19.1. The average Bonchev–Trinajstić information content (AvgIpc) is 2.61. The van der Waals surface area contributed by atoms with Gasteiger partial charge in [0, 0.05) is 18.1 Å². The van der Waals surface area contributed by atoms with Crippen LogP contribution in [0.3, 0.4) is 0 Å². The molecule has 2 aromatic rings. The molecule has 0 bridgehead atoms. The van der Waals surface area contributed by atoms with Crippen molar-refractivity contribution < 1.29 is 4.39 Å². The van der Waals surface area contributed by atoms with Crippen LogP contribution in [0.5, 0.6) is 0 Å². The Kier molecular flexibility index (Phi) is 2.14. The lowest BCUT2D eigenvalue weighted by molar-refractivity contribution is 0.627. The molecule has 0 fully saturated rings. The van der Waals surface area contributed by atoms with E-state index in [1.807, 2.05) is 6.07 Å². The number of aromatic nitrogens is 1. The predicted octanol–water partition coefficient (Wildman–Crippen LogP) is 2.07. The maximum absolute atomic E-state index is 12.7. The number of halogens is 1. The highest BCUT2D eigenvalue weighted by Crippen LogP contribution is 2.16. The SMILES string of the molecule is N#Cc1cn(-c2ccc(F)cc2)cc1N. The van der Waals surface area contributed by atoms with Gasteiger partial charge in [0.15, 0.2) is 0 Å². The van der Waals surface area contributed by atoms with Crippen LogP contribution in [0.2, 0.25) is 0 Å². The van der Waals surface area contributed by atoms with Crippen molar-refractivity contribution in [3.05, 3.63) is 48.0 Å². The lowest BCUT2D eigenvalue weighted by atomic mass is 10.3. The van der Waals surface area contributed by atoms with E-state index in [4.69, 9.17) is 11.0 Å². The van der Waals surface area contributed by atoms with Crippen molar-refractivity contribution in [1.29, 1.82) is 5.26 Å². The molecular formula is C11H8FN3. The summed E-state index contributed by atoms with van der Waals surface area (Å²) in [7, 11) is 0. The molecule has 0 aliphatic carbocycles. The zero-order chi connectivity index (χ0) is 10.8. The van der Waals surface area contributed by atoms with E-state index >= 15 is 0 Å². The first-order valence-electron chi connectivity index (χ1n) is 4.34. The predicted molar refractivity (Wildman–Crippen MR) is 54.9 cm³/mol. The Bertz CT molecular complexity index is 520. The molecule has 15 heavy (non-hydrogen) atoms. The third-order valence-corrected chi connectivity index (χ3v) is 2.10. The summed E-state index contributed by atoms with van der Waals surface area (Å²) in [6.45, 7) is 0. The maximum atomic E-state index is 12.7. The smallest absolute Gasteiger partial charge is 0.123 e. The average molecular weight is 201 g/mol. The molecule has 2 rings (SSSR count). The van der Waals surface area contributed by atoms with E-state index in [0.29, 0.717) is 11.3 Å². The molecule has 0 aliphatic heterocycles. The van der Waals surface area contributed by atoms with Gasteiger partial charge in [-0.25, -0.2) is 4.39 Å². The standard InChI is InChI=1S/C11H8FN3/c12-9-1-3-10(4-2-9)15-6-8(5-13)11(14)7-15/h1-4,6-7H,14H2. The van der Waals surface area contributed by atoms with Crippen LogP contribution in [-0.4, -0.2) is 4.57 Å². The molecule has 0 saturated carbocycles. The first-order valence-corrected chi connectivity index (χ1v) is 4.34. The van der Waals surface area contributed by atoms with Crippen LogP contribution in [0, 0.1) is 17.1 Å². The fourth-order valence-corrected chi connectivity index (χ4v) is 1.33. The Labute approximate surface area is 86.2 Å². The second-order valence-corrected chi connectivity index (χ2v) is 3.12. The number of benzene rings is 1. The normalized spacial score (nSPS) is 9.87. The molecule has 3 nitrogen and oxygen atoms in total. The Morgan fingerprint density at radius 1 is 1.20 bits per heavy atom. The maximum Gasteiger partial charge on any atom is 0.123 e. The third kappa shape index (κ3) is 1.67. The molecule has 1 aromatic heterocycles. The topological polar surface area (TPSA) is 54.7 Å². The lowest BCUT2D eigenvalue weighted by Crippen LogP contribution is -1.89. The third-order valence-electron chi connectivity index (χ3n) is 2.10. The summed E-state index contributed by atoms with van der Waals surface area (Å²) in [6, 6.07) is 7.94. The van der Waals surface area contributed by atoms with E-state index in [2.05, 4.69) is 0 Å². The lowest BCUT2D eigenvalue weighted by Gasteiger charge is -2.00. The van der Waals surface area contributed by atoms with Gasteiger partial charge in [0.25, 0.3) is 0 Å². The summed E-state index contributed by atoms with van der Waals surface area (Å²) < 4.78 is 14.4. The quantitative estimate of drug-likeness (QED) is 0.767. The van der Waals surface area contributed by atoms with Gasteiger partial charge in [-0.2, -0.15) is 5.26 Å². The molecule has 0 spiro atoms. The van der Waals surface area contributed by atoms with Gasteiger partial charge in [0.2, 0.25) is 0 Å². The molecule has 0 amide bonds. The van der Waals surface area contributed by atoms with Crippen LogP contribution in [0.1, 0.15) is 5.56 Å². The molecule has 0 radical (unpaired) electrons. The molecule has 0 aliphatic rings. The van der Waals surface area contributed by atoms with Crippen LogP contribution in [-0.2, 0) is 0 Å². The summed E-state index contributed by atoms with van der Waals surface area (Å²) in [5.41, 5.74) is 7.20. The first-order chi connectivity index (χ1) is 7.20. The van der Waals surface area contributed by atoms with Crippen molar-refractivity contribution in [3.8, 4) is 11.8 Å². The van der Waals surface area contributed by atoms with Crippen LogP contribution in [0.4, 0.5) is 10.1 Å². The van der Waals surface area contributed by atoms with Gasteiger partial charge in [0.05, 0.1) is 11.3 Å². The summed E-state index contributed by atoms with van der Waals surface area (Å²) in [5.74, 6) is -0.292. The summed E-state index contributed by atoms with van der Waals surface area (Å²) in [5, 5.41) is 8.72. The number of rotatable bonds is 1. The van der Waals surface area contributed by atoms with Gasteiger partial charge in [-0.05, 0) is 24.3 Å². The van der Waals surface area contributed by atoms with Gasteiger partial charge in [-0.15, -0.1) is 0 Å². The minimum atomic E-state index is -0.292. The monoisotopic (exact) mass is 201 g/mol. The summed E-state index contributed by atoms with van der Waals surface area (Å²) >= 11 is 0. The summed E-state index contributed by atoms with van der Waals surface area (Å²) in [4.78, 5) is 0. The fourth-order valence-electron chi connectivity index (χ4n) is 1.33. The summed E-state index contributed by atoms with van der Waals surface area (Å²) in [6.07, 6.45) is 3.24. The van der Waals surface area contributed by atoms with E-state index in [0.717, 1.165) is 5.69 Å². The van der Waals surface area contributed by atoms with Crippen molar-refractivity contribution in [3.63, 3.8) is 0 Å². The molecule has 4 heteroatoms. The zero-order valence-electron chi connectivity index (χ0n) is 7.81. The second kappa shape index (κ2) is 3.46. The van der Waals surface area contributed by atoms with Crippen molar-refractivity contribution in [1.82, 2.24) is 4.57 Å². The van der Waals surface area contributed by atoms with Gasteiger partial charge in [-0.1, -0.05) is 0 Å². The Balaban J connectivity index is 2.46. The highest BCUT2D eigenvalue weighted by molar-refractivity contribution is 5.55. The molecule has 1 aromatic carbocycles. The molecule has 0 unspecified atom stereocenters. The Hall–Kier alpha value is -2.28. The minimum Gasteiger partial charge on any atom is -0.396 e. The van der Waals surface area contributed by atoms with E-state index in [9.17, 15) is 4.39 Å². The Morgan fingerprint density at radius 2 is 1.87 bits per heavy atom. The van der Waals surface area contributed by atoms with E-state index in [1.165, 1.54) is 12.1 Å². The van der Waals surface area contributed by atoms with Gasteiger partial charge >= 0.3 is 0 Å². The molecular weight excluding hydrogens is 193 g/mol. The van der Waals surface area contributed by atoms with E-state index in [-0.39, 0.29) is 5.82 Å². The number of nitrogens with zero attached hydrogens (tertiary/aromatic N) is 2. The number of nitriles is 1. The van der Waals surface area contributed by atoms with E-state index < -0.39 is 0 Å². The van der Waals surface area contributed by atoms with Crippen LogP contribution < -0.4 is 5.73 Å². The largest absolute Gasteiger partial charge is 0.396 e. The first kappa shape index (κ1) is 9.28. The number of anilines is 1. The number of hydrogen-bond donors (Lipinski definition) is 1. The molecule has 0 saturated heterocycles. The zero-order valence-corrected chi connectivity index (χ0v) is 7.81. The molecule has 74 valence electrons. The highest BCUT2D eigenvalue weighted by Gasteiger charge is 2.03. The van der Waals surface area contributed by atoms with E-state index in [1.54, 1.807) is 29.1 Å². The van der Waals surface area contributed by atoms with Crippen LogP contribution in [0.15, 0.2) is 36.7 Å². The number of nitrogens with two attached hydrogens (primary N) is 1. The second-order valence-electron chi connectivity index (χ2n) is 3.12. The van der Waals surface area contributed by atoms with Crippen LogP contribution in [0.25, 0.3) is 5.69 Å². The van der Waals surface area contributed by atoms with Crippen LogP contribution >= 0.6 is 0 Å². The number of nitrogen functional groups attached to an aromatic ring is 1. The van der Waals surface area contributed by atoms with Crippen molar-refractivity contribution in [2.45, 2.75) is 0 Å². The van der Waals surface area contributed by atoms with Gasteiger partial charge in [-0.3, -0.25) is 0 Å². The van der Waals surface area contributed by atoms with Gasteiger partial charge in [0.1, 0.15) is 11.9 Å². The number of hydrogen-bond acceptors (Lipinski definition) is 2. The van der Waals surface area contributed by atoms with Crippen molar-refractivity contribution in [2.75, 3.05) is 5.73 Å². The molecule has 0 atom stereocenters. The molecule has 2 N–H and O–H groups in total. The molecule has 1 heterocycles. The fraction of sp³-hybridized carbons (Fsp3) is 0.